The summed E-state index contributed by atoms with van der Waals surface area (Å²) in [6.45, 7) is 0.542. The van der Waals surface area contributed by atoms with Crippen LogP contribution in [0, 0.1) is 17.8 Å². The first-order valence-electron chi connectivity index (χ1n) is 5.03. The fourth-order valence-electron chi connectivity index (χ4n) is 2.58. The average Bonchev–Trinajstić information content (AvgIpc) is 2.22. The van der Waals surface area contributed by atoms with Gasteiger partial charge in [0.05, 0.1) is 11.5 Å². The minimum atomic E-state index is -2.76. The van der Waals surface area contributed by atoms with Crippen molar-refractivity contribution in [3.8, 4) is 0 Å². The van der Waals surface area contributed by atoms with Crippen molar-refractivity contribution in [2.45, 2.75) is 19.3 Å². The van der Waals surface area contributed by atoms with Gasteiger partial charge in [-0.3, -0.25) is 0 Å². The Kier molecular flexibility index (Phi) is 2.36. The van der Waals surface area contributed by atoms with E-state index in [0.29, 0.717) is 29.9 Å². The molecule has 0 amide bonds. The van der Waals surface area contributed by atoms with Crippen LogP contribution in [0.5, 0.6) is 0 Å². The quantitative estimate of drug-likeness (QED) is 0.707. The summed E-state index contributed by atoms with van der Waals surface area (Å²) in [5, 5.41) is 0. The van der Waals surface area contributed by atoms with E-state index in [1.165, 1.54) is 19.3 Å². The molecule has 1 saturated heterocycles. The van der Waals surface area contributed by atoms with Crippen molar-refractivity contribution >= 4 is 9.84 Å². The first kappa shape index (κ1) is 9.46. The van der Waals surface area contributed by atoms with Gasteiger partial charge in [0.1, 0.15) is 0 Å². The summed E-state index contributed by atoms with van der Waals surface area (Å²) >= 11 is 0. The largest absolute Gasteiger partial charge is 0.330 e. The molecule has 13 heavy (non-hydrogen) atoms. The smallest absolute Gasteiger partial charge is 0.150 e. The van der Waals surface area contributed by atoms with Gasteiger partial charge in [0, 0.05) is 0 Å². The van der Waals surface area contributed by atoms with Crippen LogP contribution >= 0.6 is 0 Å². The summed E-state index contributed by atoms with van der Waals surface area (Å²) in [6.07, 6.45) is 3.71. The predicted octanol–water partition coefficient (Wildman–Crippen LogP) is 0.406. The summed E-state index contributed by atoms with van der Waals surface area (Å²) in [5.74, 6) is 2.02. The Morgan fingerprint density at radius 3 is 2.38 bits per heavy atom. The molecular weight excluding hydrogens is 186 g/mol. The van der Waals surface area contributed by atoms with Crippen LogP contribution in [0.1, 0.15) is 19.3 Å². The van der Waals surface area contributed by atoms with Crippen molar-refractivity contribution in [3.63, 3.8) is 0 Å². The third kappa shape index (κ3) is 1.74. The molecule has 2 rings (SSSR count). The maximum Gasteiger partial charge on any atom is 0.150 e. The van der Waals surface area contributed by atoms with Crippen LogP contribution in [0.3, 0.4) is 0 Å². The molecule has 1 heterocycles. The van der Waals surface area contributed by atoms with Gasteiger partial charge < -0.3 is 5.73 Å². The molecule has 1 aliphatic carbocycles. The Bertz CT molecular complexity index is 282. The van der Waals surface area contributed by atoms with E-state index >= 15 is 0 Å². The lowest BCUT2D eigenvalue weighted by molar-refractivity contribution is 0.184. The highest BCUT2D eigenvalue weighted by Gasteiger charge is 2.42. The van der Waals surface area contributed by atoms with Gasteiger partial charge in [0.2, 0.25) is 0 Å². The van der Waals surface area contributed by atoms with Gasteiger partial charge in [0.25, 0.3) is 0 Å². The summed E-state index contributed by atoms with van der Waals surface area (Å²) < 4.78 is 22.8. The monoisotopic (exact) mass is 203 g/mol. The second-order valence-electron chi connectivity index (χ2n) is 4.43. The summed E-state index contributed by atoms with van der Waals surface area (Å²) in [6, 6.07) is 0. The van der Waals surface area contributed by atoms with E-state index in [1.54, 1.807) is 0 Å². The molecule has 0 bridgehead atoms. The maximum absolute atomic E-state index is 11.4. The Morgan fingerprint density at radius 1 is 1.23 bits per heavy atom. The highest BCUT2D eigenvalue weighted by Crippen LogP contribution is 2.41. The van der Waals surface area contributed by atoms with Gasteiger partial charge in [-0.05, 0) is 24.3 Å². The van der Waals surface area contributed by atoms with Crippen molar-refractivity contribution in [3.05, 3.63) is 0 Å². The molecule has 0 spiro atoms. The molecule has 1 saturated carbocycles. The molecule has 2 atom stereocenters. The first-order chi connectivity index (χ1) is 6.12. The lowest BCUT2D eigenvalue weighted by atomic mass is 9.72. The normalized spacial score (nSPS) is 38.8. The highest BCUT2D eigenvalue weighted by atomic mass is 32.2. The minimum Gasteiger partial charge on any atom is -0.330 e. The Morgan fingerprint density at radius 2 is 1.92 bits per heavy atom. The van der Waals surface area contributed by atoms with Crippen LogP contribution in [0.15, 0.2) is 0 Å². The number of nitrogens with two attached hydrogens (primary N) is 1. The molecular formula is C9H17NO2S. The van der Waals surface area contributed by atoms with Gasteiger partial charge in [-0.25, -0.2) is 8.42 Å². The van der Waals surface area contributed by atoms with E-state index in [9.17, 15) is 8.42 Å². The zero-order valence-electron chi connectivity index (χ0n) is 7.78. The second-order valence-corrected chi connectivity index (χ2v) is 6.58. The molecule has 2 aliphatic rings. The van der Waals surface area contributed by atoms with E-state index in [0.717, 1.165) is 0 Å². The summed E-state index contributed by atoms with van der Waals surface area (Å²) in [7, 11) is -2.76. The molecule has 2 N–H and O–H groups in total. The molecule has 0 aromatic heterocycles. The summed E-state index contributed by atoms with van der Waals surface area (Å²) in [5.41, 5.74) is 5.60. The van der Waals surface area contributed by atoms with Crippen LogP contribution in [0.4, 0.5) is 0 Å². The van der Waals surface area contributed by atoms with Crippen LogP contribution in [-0.2, 0) is 9.84 Å². The minimum absolute atomic E-state index is 0.246. The molecule has 76 valence electrons. The van der Waals surface area contributed by atoms with Gasteiger partial charge in [-0.15, -0.1) is 0 Å². The summed E-state index contributed by atoms with van der Waals surface area (Å²) in [4.78, 5) is 0. The van der Waals surface area contributed by atoms with Crippen LogP contribution in [0.25, 0.3) is 0 Å². The molecule has 3 nitrogen and oxygen atoms in total. The number of sulfone groups is 1. The molecule has 1 aliphatic heterocycles. The van der Waals surface area contributed by atoms with Gasteiger partial charge in [0.15, 0.2) is 9.84 Å². The highest BCUT2D eigenvalue weighted by molar-refractivity contribution is 7.91. The van der Waals surface area contributed by atoms with E-state index in [2.05, 4.69) is 0 Å². The van der Waals surface area contributed by atoms with Gasteiger partial charge in [-0.1, -0.05) is 19.3 Å². The van der Waals surface area contributed by atoms with Crippen molar-refractivity contribution < 1.29 is 8.42 Å². The SMILES string of the molecule is NCC1CS(=O)(=O)CC1C1CCC1. The Labute approximate surface area is 79.6 Å². The lowest BCUT2D eigenvalue weighted by Gasteiger charge is -2.33. The number of hydrogen-bond acceptors (Lipinski definition) is 3. The van der Waals surface area contributed by atoms with Gasteiger partial charge in [-0.2, -0.15) is 0 Å². The zero-order valence-corrected chi connectivity index (χ0v) is 8.59. The van der Waals surface area contributed by atoms with Crippen molar-refractivity contribution in [1.29, 1.82) is 0 Å². The van der Waals surface area contributed by atoms with E-state index in [1.807, 2.05) is 0 Å². The fourth-order valence-corrected chi connectivity index (χ4v) is 4.88. The molecule has 2 unspecified atom stereocenters. The first-order valence-corrected chi connectivity index (χ1v) is 6.85. The zero-order chi connectivity index (χ0) is 9.47. The topological polar surface area (TPSA) is 60.2 Å². The Balaban J connectivity index is 2.09. The van der Waals surface area contributed by atoms with E-state index < -0.39 is 9.84 Å². The molecule has 4 heteroatoms. The number of rotatable bonds is 2. The fraction of sp³-hybridized carbons (Fsp3) is 1.00. The van der Waals surface area contributed by atoms with Crippen LogP contribution < -0.4 is 5.73 Å². The number of hydrogen-bond donors (Lipinski definition) is 1. The second kappa shape index (κ2) is 3.24. The van der Waals surface area contributed by atoms with Crippen molar-refractivity contribution in [2.24, 2.45) is 23.5 Å². The van der Waals surface area contributed by atoms with Crippen molar-refractivity contribution in [1.82, 2.24) is 0 Å². The third-order valence-electron chi connectivity index (χ3n) is 3.58. The van der Waals surface area contributed by atoms with Crippen LogP contribution in [0.2, 0.25) is 0 Å². The predicted molar refractivity (Wildman–Crippen MR) is 52.0 cm³/mol. The molecule has 0 radical (unpaired) electrons. The molecule has 0 aromatic rings. The molecule has 0 aromatic carbocycles. The van der Waals surface area contributed by atoms with E-state index in [4.69, 9.17) is 5.73 Å². The average molecular weight is 203 g/mol. The molecule has 2 fully saturated rings. The van der Waals surface area contributed by atoms with E-state index in [-0.39, 0.29) is 5.92 Å². The third-order valence-corrected chi connectivity index (χ3v) is 5.41. The lowest BCUT2D eigenvalue weighted by Crippen LogP contribution is -2.31. The van der Waals surface area contributed by atoms with Crippen LogP contribution in [-0.4, -0.2) is 26.5 Å². The van der Waals surface area contributed by atoms with Gasteiger partial charge >= 0.3 is 0 Å². The Hall–Kier alpha value is -0.0900. The van der Waals surface area contributed by atoms with Crippen molar-refractivity contribution in [2.75, 3.05) is 18.1 Å². The maximum atomic E-state index is 11.4. The standard InChI is InChI=1S/C9H17NO2S/c10-4-8-5-13(11,12)6-9(8)7-2-1-3-7/h7-9H,1-6,10H2.